The summed E-state index contributed by atoms with van der Waals surface area (Å²) >= 11 is 0. The molecular weight excluding hydrogens is 321 g/mol. The third kappa shape index (κ3) is 3.78. The number of carbonyl (C=O) groups excluding carboxylic acids is 2. The van der Waals surface area contributed by atoms with E-state index < -0.39 is 0 Å². The lowest BCUT2D eigenvalue weighted by atomic mass is 9.80. The van der Waals surface area contributed by atoms with Crippen LogP contribution in [0.2, 0.25) is 0 Å². The molecule has 0 unspecified atom stereocenters. The highest BCUT2D eigenvalue weighted by atomic mass is 19.1. The van der Waals surface area contributed by atoms with Crippen LogP contribution in [0.25, 0.3) is 0 Å². The van der Waals surface area contributed by atoms with Crippen LogP contribution in [0.4, 0.5) is 9.18 Å². The van der Waals surface area contributed by atoms with Gasteiger partial charge in [-0.2, -0.15) is 0 Å². The lowest BCUT2D eigenvalue weighted by molar-refractivity contribution is -0.129. The Morgan fingerprint density at radius 3 is 2.84 bits per heavy atom. The van der Waals surface area contributed by atoms with E-state index in [9.17, 15) is 14.0 Å². The molecule has 1 aliphatic carbocycles. The van der Waals surface area contributed by atoms with Crippen molar-refractivity contribution in [1.82, 2.24) is 15.5 Å². The van der Waals surface area contributed by atoms with Gasteiger partial charge < -0.3 is 15.5 Å². The highest BCUT2D eigenvalue weighted by molar-refractivity contribution is 5.77. The van der Waals surface area contributed by atoms with Crippen molar-refractivity contribution in [3.8, 4) is 0 Å². The number of carbonyl (C=O) groups is 2. The third-order valence-corrected chi connectivity index (χ3v) is 5.37. The second-order valence-electron chi connectivity index (χ2n) is 7.10. The Hall–Kier alpha value is -2.11. The Kier molecular flexibility index (Phi) is 5.25. The van der Waals surface area contributed by atoms with Gasteiger partial charge in [0.05, 0.1) is 6.04 Å². The Balaban J connectivity index is 1.62. The molecule has 6 heteroatoms. The number of benzene rings is 1. The topological polar surface area (TPSA) is 61.4 Å². The first-order chi connectivity index (χ1) is 12.0. The van der Waals surface area contributed by atoms with E-state index in [-0.39, 0.29) is 35.8 Å². The van der Waals surface area contributed by atoms with Crippen LogP contribution in [0.5, 0.6) is 0 Å². The fraction of sp³-hybridized carbons (Fsp3) is 0.579. The van der Waals surface area contributed by atoms with Crippen LogP contribution in [-0.2, 0) is 11.2 Å². The molecule has 0 bridgehead atoms. The van der Waals surface area contributed by atoms with E-state index in [1.165, 1.54) is 6.07 Å². The maximum absolute atomic E-state index is 14.0. The summed E-state index contributed by atoms with van der Waals surface area (Å²) in [5, 5.41) is 5.98. The van der Waals surface area contributed by atoms with Gasteiger partial charge in [-0.05, 0) is 42.4 Å². The number of urea groups is 1. The summed E-state index contributed by atoms with van der Waals surface area (Å²) < 4.78 is 14.0. The number of amides is 3. The normalized spacial score (nSPS) is 25.4. The van der Waals surface area contributed by atoms with E-state index in [1.807, 2.05) is 13.0 Å². The monoisotopic (exact) mass is 347 g/mol. The first kappa shape index (κ1) is 17.7. The number of nitrogens with one attached hydrogen (secondary N) is 2. The van der Waals surface area contributed by atoms with Crippen molar-refractivity contribution >= 4 is 11.9 Å². The highest BCUT2D eigenvalue weighted by Crippen LogP contribution is 2.35. The molecule has 2 aliphatic rings. The van der Waals surface area contributed by atoms with E-state index in [1.54, 1.807) is 11.0 Å². The van der Waals surface area contributed by atoms with Crippen molar-refractivity contribution in [2.75, 3.05) is 13.1 Å². The maximum atomic E-state index is 14.0. The summed E-state index contributed by atoms with van der Waals surface area (Å²) in [6.45, 7) is 5.17. The van der Waals surface area contributed by atoms with E-state index in [4.69, 9.17) is 0 Å². The number of nitrogens with zero attached hydrogens (tertiary/aromatic N) is 1. The van der Waals surface area contributed by atoms with Gasteiger partial charge in [0.2, 0.25) is 5.91 Å². The summed E-state index contributed by atoms with van der Waals surface area (Å²) in [6.07, 6.45) is 2.81. The fourth-order valence-electron chi connectivity index (χ4n) is 3.89. The summed E-state index contributed by atoms with van der Waals surface area (Å²) in [5.74, 6) is 0.179. The van der Waals surface area contributed by atoms with Gasteiger partial charge in [0, 0.05) is 25.6 Å². The molecule has 0 spiro atoms. The lowest BCUT2D eigenvalue weighted by Crippen LogP contribution is -2.46. The first-order valence-electron chi connectivity index (χ1n) is 9.11. The van der Waals surface area contributed by atoms with Gasteiger partial charge in [-0.15, -0.1) is 0 Å². The van der Waals surface area contributed by atoms with Crippen LogP contribution in [0.1, 0.15) is 50.3 Å². The molecule has 1 fully saturated rings. The third-order valence-electron chi connectivity index (χ3n) is 5.37. The first-order valence-corrected chi connectivity index (χ1v) is 9.11. The van der Waals surface area contributed by atoms with Crippen molar-refractivity contribution in [2.24, 2.45) is 5.92 Å². The largest absolute Gasteiger partial charge is 0.341 e. The Morgan fingerprint density at radius 2 is 2.08 bits per heavy atom. The van der Waals surface area contributed by atoms with Crippen molar-refractivity contribution in [3.63, 3.8) is 0 Å². The van der Waals surface area contributed by atoms with Crippen LogP contribution >= 0.6 is 0 Å². The number of halogens is 1. The average Bonchev–Trinajstić information content (AvgIpc) is 3.05. The minimum atomic E-state index is -0.246. The number of hydrogen-bond acceptors (Lipinski definition) is 2. The Bertz CT molecular complexity index is 664. The van der Waals surface area contributed by atoms with Crippen molar-refractivity contribution in [3.05, 3.63) is 35.1 Å². The Labute approximate surface area is 148 Å². The van der Waals surface area contributed by atoms with E-state index >= 15 is 0 Å². The minimum absolute atomic E-state index is 0.0265. The smallest absolute Gasteiger partial charge is 0.315 e. The predicted molar refractivity (Wildman–Crippen MR) is 93.6 cm³/mol. The number of hydrogen-bond donors (Lipinski definition) is 2. The summed E-state index contributed by atoms with van der Waals surface area (Å²) in [5.41, 5.74) is 1.59. The van der Waals surface area contributed by atoms with Gasteiger partial charge in [0.15, 0.2) is 0 Å². The van der Waals surface area contributed by atoms with Crippen LogP contribution in [-0.4, -0.2) is 36.0 Å². The molecule has 1 aliphatic heterocycles. The van der Waals surface area contributed by atoms with Crippen LogP contribution in [0.15, 0.2) is 18.2 Å². The molecule has 1 aromatic rings. The van der Waals surface area contributed by atoms with Crippen LogP contribution < -0.4 is 10.6 Å². The zero-order valence-corrected chi connectivity index (χ0v) is 14.8. The number of fused-ring (bicyclic) bond motifs is 1. The molecule has 1 saturated heterocycles. The zero-order chi connectivity index (χ0) is 18.0. The molecule has 0 radical (unpaired) electrons. The minimum Gasteiger partial charge on any atom is -0.341 e. The highest BCUT2D eigenvalue weighted by Gasteiger charge is 2.31. The number of likely N-dealkylation sites (tertiary alicyclic amines) is 1. The van der Waals surface area contributed by atoms with Gasteiger partial charge in [0.25, 0.3) is 0 Å². The van der Waals surface area contributed by atoms with Crippen molar-refractivity contribution < 1.29 is 14.0 Å². The van der Waals surface area contributed by atoms with Gasteiger partial charge in [-0.3, -0.25) is 4.79 Å². The molecule has 0 saturated carbocycles. The van der Waals surface area contributed by atoms with Gasteiger partial charge in [0.1, 0.15) is 5.82 Å². The molecule has 136 valence electrons. The lowest BCUT2D eigenvalue weighted by Gasteiger charge is -2.32. The molecule has 3 amide bonds. The van der Waals surface area contributed by atoms with Gasteiger partial charge >= 0.3 is 6.03 Å². The zero-order valence-electron chi connectivity index (χ0n) is 14.8. The molecule has 1 heterocycles. The quantitative estimate of drug-likeness (QED) is 0.883. The molecule has 1 aromatic carbocycles. The summed E-state index contributed by atoms with van der Waals surface area (Å²) in [7, 11) is 0. The molecule has 25 heavy (non-hydrogen) atoms. The maximum Gasteiger partial charge on any atom is 0.315 e. The summed E-state index contributed by atoms with van der Waals surface area (Å²) in [4.78, 5) is 26.0. The summed E-state index contributed by atoms with van der Waals surface area (Å²) in [6, 6.07) is 4.62. The van der Waals surface area contributed by atoms with Crippen LogP contribution in [0, 0.1) is 11.7 Å². The van der Waals surface area contributed by atoms with Gasteiger partial charge in [-0.1, -0.05) is 26.0 Å². The second-order valence-corrected chi connectivity index (χ2v) is 7.10. The van der Waals surface area contributed by atoms with E-state index in [2.05, 4.69) is 17.6 Å². The molecule has 0 aromatic heterocycles. The molecule has 3 rings (SSSR count). The SMILES string of the molecule is CCC(=O)N1CC[C@H](NC(=O)N[C@@H]2c3cccc(F)c3CC[C@H]2C)C1. The predicted octanol–water partition coefficient (Wildman–Crippen LogP) is 2.76. The molecular formula is C19H26FN3O2. The van der Waals surface area contributed by atoms with Gasteiger partial charge in [-0.25, -0.2) is 9.18 Å². The molecule has 5 nitrogen and oxygen atoms in total. The number of rotatable bonds is 3. The van der Waals surface area contributed by atoms with Crippen LogP contribution in [0.3, 0.4) is 0 Å². The van der Waals surface area contributed by atoms with Crippen molar-refractivity contribution in [2.45, 2.75) is 51.6 Å². The second kappa shape index (κ2) is 7.42. The van der Waals surface area contributed by atoms with Crippen molar-refractivity contribution in [1.29, 1.82) is 0 Å². The fourth-order valence-corrected chi connectivity index (χ4v) is 3.89. The van der Waals surface area contributed by atoms with E-state index in [0.717, 1.165) is 18.4 Å². The standard InChI is InChI=1S/C19H26FN3O2/c1-3-17(24)23-10-9-13(11-23)21-19(25)22-18-12(2)7-8-14-15(18)5-4-6-16(14)20/h4-6,12-13,18H,3,7-11H2,1-2H3,(H2,21,22,25)/t12-,13+,18+/m1/s1. The molecule has 3 atom stereocenters. The average molecular weight is 347 g/mol. The molecule has 2 N–H and O–H groups in total. The Morgan fingerprint density at radius 1 is 1.28 bits per heavy atom. The van der Waals surface area contributed by atoms with E-state index in [0.29, 0.717) is 31.5 Å².